The fraction of sp³-hybridized carbons (Fsp3) is 0.529. The molecule has 1 aliphatic rings. The highest BCUT2D eigenvalue weighted by molar-refractivity contribution is 6.29. The number of hydrogen-bond acceptors (Lipinski definition) is 6. The van der Waals surface area contributed by atoms with E-state index in [1.54, 1.807) is 12.1 Å². The van der Waals surface area contributed by atoms with Gasteiger partial charge in [0, 0.05) is 25.2 Å². The molecule has 3 rings (SSSR count). The molecule has 0 atom stereocenters. The minimum atomic E-state index is -0.202. The number of anilines is 1. The Hall–Kier alpha value is -2.15. The van der Waals surface area contributed by atoms with E-state index in [2.05, 4.69) is 39.4 Å². The molecule has 0 saturated carbocycles. The Morgan fingerprint density at radius 1 is 1.36 bits per heavy atom. The monoisotopic (exact) mass is 363 g/mol. The zero-order chi connectivity index (χ0) is 17.8. The maximum absolute atomic E-state index is 12.3. The molecule has 1 fully saturated rings. The average Bonchev–Trinajstić information content (AvgIpc) is 3.04. The van der Waals surface area contributed by atoms with Gasteiger partial charge in [-0.3, -0.25) is 4.79 Å². The fourth-order valence-corrected chi connectivity index (χ4v) is 3.02. The fourth-order valence-electron chi connectivity index (χ4n) is 2.92. The summed E-state index contributed by atoms with van der Waals surface area (Å²) in [5.74, 6) is 1.36. The maximum Gasteiger partial charge on any atom is 0.290 e. The second-order valence-electron chi connectivity index (χ2n) is 6.73. The quantitative estimate of drug-likeness (QED) is 0.879. The number of aromatic nitrogens is 3. The Labute approximate surface area is 151 Å². The lowest BCUT2D eigenvalue weighted by Crippen LogP contribution is -2.45. The topological polar surface area (TPSA) is 84.2 Å². The van der Waals surface area contributed by atoms with Crippen LogP contribution in [0.1, 0.15) is 42.9 Å². The number of nitrogens with one attached hydrogen (secondary N) is 1. The summed E-state index contributed by atoms with van der Waals surface area (Å²) in [6, 6.07) is 5.44. The van der Waals surface area contributed by atoms with Crippen molar-refractivity contribution in [1.29, 1.82) is 0 Å². The first kappa shape index (κ1) is 17.7. The van der Waals surface area contributed by atoms with Crippen molar-refractivity contribution in [1.82, 2.24) is 20.7 Å². The van der Waals surface area contributed by atoms with Crippen molar-refractivity contribution in [2.75, 3.05) is 18.0 Å². The number of hydrogen-bond donors (Lipinski definition) is 1. The molecule has 1 aliphatic heterocycles. The zero-order valence-electron chi connectivity index (χ0n) is 14.4. The van der Waals surface area contributed by atoms with Crippen LogP contribution in [0, 0.1) is 5.92 Å². The van der Waals surface area contributed by atoms with Gasteiger partial charge in [0.05, 0.1) is 5.69 Å². The Morgan fingerprint density at radius 2 is 2.12 bits per heavy atom. The zero-order valence-corrected chi connectivity index (χ0v) is 15.2. The van der Waals surface area contributed by atoms with Crippen molar-refractivity contribution in [2.45, 2.75) is 39.2 Å². The molecule has 25 heavy (non-hydrogen) atoms. The van der Waals surface area contributed by atoms with Crippen LogP contribution in [0.15, 0.2) is 22.7 Å². The van der Waals surface area contributed by atoms with Gasteiger partial charge >= 0.3 is 0 Å². The number of carbonyl (C=O) groups is 1. The number of rotatable bonds is 5. The predicted octanol–water partition coefficient (Wildman–Crippen LogP) is 2.72. The third-order valence-electron chi connectivity index (χ3n) is 4.17. The van der Waals surface area contributed by atoms with E-state index in [-0.39, 0.29) is 17.7 Å². The first-order chi connectivity index (χ1) is 12.0. The summed E-state index contributed by atoms with van der Waals surface area (Å²) in [6.07, 6.45) is 2.48. The van der Waals surface area contributed by atoms with E-state index in [0.717, 1.165) is 43.9 Å². The highest BCUT2D eigenvalue weighted by Gasteiger charge is 2.23. The van der Waals surface area contributed by atoms with Crippen molar-refractivity contribution in [3.8, 4) is 0 Å². The third-order valence-corrected chi connectivity index (χ3v) is 4.37. The van der Waals surface area contributed by atoms with Crippen LogP contribution in [0.25, 0.3) is 0 Å². The first-order valence-corrected chi connectivity index (χ1v) is 8.89. The summed E-state index contributed by atoms with van der Waals surface area (Å²) in [5, 5.41) is 15.3. The molecule has 3 heterocycles. The number of amides is 1. The van der Waals surface area contributed by atoms with Crippen LogP contribution in [-0.2, 0) is 6.42 Å². The van der Waals surface area contributed by atoms with Crippen LogP contribution in [0.5, 0.6) is 0 Å². The van der Waals surface area contributed by atoms with Crippen molar-refractivity contribution < 1.29 is 9.32 Å². The van der Waals surface area contributed by atoms with Gasteiger partial charge in [-0.05, 0) is 37.3 Å². The van der Waals surface area contributed by atoms with E-state index in [0.29, 0.717) is 11.1 Å². The predicted molar refractivity (Wildman–Crippen MR) is 94.8 cm³/mol. The molecule has 0 aromatic carbocycles. The lowest BCUT2D eigenvalue weighted by molar-refractivity contribution is 0.0893. The van der Waals surface area contributed by atoms with Crippen molar-refractivity contribution in [3.05, 3.63) is 34.8 Å². The second kappa shape index (κ2) is 7.82. The Morgan fingerprint density at radius 3 is 2.76 bits per heavy atom. The molecule has 7 nitrogen and oxygen atoms in total. The van der Waals surface area contributed by atoms with Gasteiger partial charge in [0.2, 0.25) is 5.76 Å². The van der Waals surface area contributed by atoms with Crippen LogP contribution >= 0.6 is 11.6 Å². The molecule has 1 saturated heterocycles. The standard InChI is InChI=1S/C17H22ClN5O2/c1-11(2)9-13-10-14(25-22-13)17(24)19-12-5-7-23(8-6-12)16-4-3-15(18)20-21-16/h3-4,10-12H,5-9H2,1-2H3,(H,19,24). The summed E-state index contributed by atoms with van der Waals surface area (Å²) in [6.45, 7) is 5.81. The van der Waals surface area contributed by atoms with Gasteiger partial charge in [-0.25, -0.2) is 0 Å². The number of halogens is 1. The summed E-state index contributed by atoms with van der Waals surface area (Å²) in [7, 11) is 0. The van der Waals surface area contributed by atoms with E-state index < -0.39 is 0 Å². The summed E-state index contributed by atoms with van der Waals surface area (Å²) >= 11 is 5.77. The molecular weight excluding hydrogens is 342 g/mol. The number of carbonyl (C=O) groups excluding carboxylic acids is 1. The van der Waals surface area contributed by atoms with E-state index >= 15 is 0 Å². The molecule has 0 unspecified atom stereocenters. The van der Waals surface area contributed by atoms with Gasteiger partial charge in [0.25, 0.3) is 5.91 Å². The Bertz CT molecular complexity index is 708. The molecule has 0 spiro atoms. The van der Waals surface area contributed by atoms with E-state index in [9.17, 15) is 4.79 Å². The van der Waals surface area contributed by atoms with Gasteiger partial charge < -0.3 is 14.7 Å². The molecule has 8 heteroatoms. The van der Waals surface area contributed by atoms with E-state index in [4.69, 9.17) is 16.1 Å². The molecule has 0 radical (unpaired) electrons. The van der Waals surface area contributed by atoms with Crippen LogP contribution in [0.3, 0.4) is 0 Å². The molecule has 134 valence electrons. The SMILES string of the molecule is CC(C)Cc1cc(C(=O)NC2CCN(c3ccc(Cl)nn3)CC2)on1. The minimum Gasteiger partial charge on any atom is -0.355 e. The smallest absolute Gasteiger partial charge is 0.290 e. The number of piperidine rings is 1. The maximum atomic E-state index is 12.3. The van der Waals surface area contributed by atoms with Gasteiger partial charge in [-0.2, -0.15) is 0 Å². The van der Waals surface area contributed by atoms with Crippen molar-refractivity contribution >= 4 is 23.3 Å². The van der Waals surface area contributed by atoms with Gasteiger partial charge in [0.15, 0.2) is 11.0 Å². The van der Waals surface area contributed by atoms with E-state index in [1.807, 2.05) is 6.07 Å². The second-order valence-corrected chi connectivity index (χ2v) is 7.12. The minimum absolute atomic E-state index is 0.114. The van der Waals surface area contributed by atoms with Crippen LogP contribution in [0.4, 0.5) is 5.82 Å². The number of nitrogens with zero attached hydrogens (tertiary/aromatic N) is 4. The Balaban J connectivity index is 1.50. The molecular formula is C17H22ClN5O2. The van der Waals surface area contributed by atoms with Crippen LogP contribution in [0.2, 0.25) is 5.15 Å². The third kappa shape index (κ3) is 4.69. The average molecular weight is 364 g/mol. The summed E-state index contributed by atoms with van der Waals surface area (Å²) in [4.78, 5) is 14.4. The summed E-state index contributed by atoms with van der Waals surface area (Å²) in [5.41, 5.74) is 0.816. The van der Waals surface area contributed by atoms with Crippen LogP contribution < -0.4 is 10.2 Å². The lowest BCUT2D eigenvalue weighted by Gasteiger charge is -2.32. The highest BCUT2D eigenvalue weighted by Crippen LogP contribution is 2.18. The molecule has 0 aliphatic carbocycles. The van der Waals surface area contributed by atoms with Gasteiger partial charge in [-0.1, -0.05) is 30.6 Å². The van der Waals surface area contributed by atoms with E-state index in [1.165, 1.54) is 0 Å². The van der Waals surface area contributed by atoms with Crippen molar-refractivity contribution in [2.24, 2.45) is 5.92 Å². The lowest BCUT2D eigenvalue weighted by atomic mass is 10.0. The normalized spacial score (nSPS) is 15.6. The first-order valence-electron chi connectivity index (χ1n) is 8.52. The molecule has 2 aromatic heterocycles. The Kier molecular flexibility index (Phi) is 5.53. The van der Waals surface area contributed by atoms with Gasteiger partial charge in [-0.15, -0.1) is 10.2 Å². The molecule has 2 aromatic rings. The summed E-state index contributed by atoms with van der Waals surface area (Å²) < 4.78 is 5.17. The highest BCUT2D eigenvalue weighted by atomic mass is 35.5. The van der Waals surface area contributed by atoms with Crippen molar-refractivity contribution in [3.63, 3.8) is 0 Å². The van der Waals surface area contributed by atoms with Crippen LogP contribution in [-0.4, -0.2) is 40.4 Å². The molecule has 1 N–H and O–H groups in total. The van der Waals surface area contributed by atoms with Gasteiger partial charge in [0.1, 0.15) is 0 Å². The molecule has 1 amide bonds. The largest absolute Gasteiger partial charge is 0.355 e. The molecule has 0 bridgehead atoms.